The first-order valence-electron chi connectivity index (χ1n) is 46.9. The summed E-state index contributed by atoms with van der Waals surface area (Å²) in [4.78, 5) is 7.61. The fourth-order valence-corrected chi connectivity index (χ4v) is 25.6. The Morgan fingerprint density at radius 2 is 0.690 bits per heavy atom. The van der Waals surface area contributed by atoms with Crippen molar-refractivity contribution in [1.82, 2.24) is 26.6 Å². The summed E-state index contributed by atoms with van der Waals surface area (Å²) in [6.45, 7) is 33.0. The number of hydrogen-bond acceptors (Lipinski definition) is 14. The average Bonchev–Trinajstić information content (AvgIpc) is 1.56. The maximum atomic E-state index is 6.67. The number of hydrogen-bond donors (Lipinski definition) is 0. The van der Waals surface area contributed by atoms with Crippen LogP contribution in [-0.2, 0) is 44.3 Å². The van der Waals surface area contributed by atoms with Crippen LogP contribution in [0.2, 0.25) is 0 Å². The van der Waals surface area contributed by atoms with Crippen molar-refractivity contribution in [3.05, 3.63) is 169 Å². The van der Waals surface area contributed by atoms with Crippen molar-refractivity contribution in [2.45, 2.75) is 345 Å². The first-order chi connectivity index (χ1) is 59.9. The zero-order valence-electron chi connectivity index (χ0n) is 75.7. The molecule has 0 spiro atoms. The molecule has 0 saturated carbocycles. The Labute approximate surface area is 795 Å². The predicted octanol–water partition coefficient (Wildman–Crippen LogP) is 34.0. The van der Waals surface area contributed by atoms with Gasteiger partial charge in [0.1, 0.15) is 27.7 Å². The lowest BCUT2D eigenvalue weighted by Gasteiger charge is -2.32. The topological polar surface area (TPSA) is 98.3 Å². The van der Waals surface area contributed by atoms with Crippen molar-refractivity contribution >= 4 is 192 Å². The molecular weight excluding hydrogens is 1800 g/mol. The third kappa shape index (κ3) is 20.7. The summed E-state index contributed by atoms with van der Waals surface area (Å²) < 4.78 is 53.0. The van der Waals surface area contributed by atoms with E-state index in [1.54, 1.807) is 33.6 Å². The lowest BCUT2D eigenvalue weighted by molar-refractivity contribution is 0.00578. The third-order valence-corrected chi connectivity index (χ3v) is 34.2. The smallest absolute Gasteiger partial charge is 0.399 e. The van der Waals surface area contributed by atoms with Gasteiger partial charge in [0.05, 0.1) is 54.7 Å². The molecule has 18 rings (SSSR count). The number of nitrogens with zero attached hydrogens (tertiary/aromatic N) is 6. The monoisotopic (exact) mass is 1930 g/mol. The highest BCUT2D eigenvalue weighted by Gasteiger charge is 2.58. The van der Waals surface area contributed by atoms with Gasteiger partial charge in [-0.3, -0.25) is 0 Å². The van der Waals surface area contributed by atoms with Crippen molar-refractivity contribution in [2.75, 3.05) is 0 Å². The van der Waals surface area contributed by atoms with Gasteiger partial charge in [0, 0.05) is 109 Å². The van der Waals surface area contributed by atoms with Gasteiger partial charge in [0.2, 0.25) is 5.60 Å². The van der Waals surface area contributed by atoms with E-state index in [0.717, 1.165) is 77.4 Å². The summed E-state index contributed by atoms with van der Waals surface area (Å²) in [7, 11) is -0.811. The number of benzene rings is 6. The van der Waals surface area contributed by atoms with Crippen molar-refractivity contribution in [1.29, 1.82) is 0 Å². The quantitative estimate of drug-likeness (QED) is 0.0216. The molecule has 1 unspecified atom stereocenters. The molecule has 2 saturated heterocycles. The standard InChI is InChI=1S/C47H55N3S3.C43H66B2NO4.C14H6Br2N2S3.2CH4/c1-5-7-9-11-13-15-17-36(18-16-14-12-10-8-6-2)50-39-28-31(3)27-33-20-21-34-29-35(30-40(50)45(34)44(33)39)41-25-26-43(52-41)38-23-22-37(42-24-19-32(4)51-42)46-47(38)49-53-48-46;1-11-13-15-17-19-21-23-35(24-22-20-18-16-14-12-2)46-36-29-33(44-47-40(3,4)41(5,6)48-44)27-31-25-26-32-28-34(30-37(46)39(32)38(31)36)45-49-42(7,8)43(9,10)50-45;15-11-5-3-9(19-11)7-1-2-8(10-4-6-12(16)20-10)14-13(7)17-21-18-14;;/h19,22-30,36H,5-18,20-21H2,1-4H3;27-30,35H,3,11-26H2,1-2,4-10H3;1-6H;2*1H4/q;+1;;;. The van der Waals surface area contributed by atoms with Gasteiger partial charge in [-0.15, -0.1) is 45.3 Å². The van der Waals surface area contributed by atoms with Crippen LogP contribution in [0.5, 0.6) is 0 Å². The van der Waals surface area contributed by atoms with E-state index in [2.05, 4.69) is 261 Å². The van der Waals surface area contributed by atoms with Crippen molar-refractivity contribution < 1.29 is 18.6 Å². The Kier molecular flexibility index (Phi) is 32.4. The number of aryl methyl sites for hydroxylation is 6. The van der Waals surface area contributed by atoms with E-state index < -0.39 is 18.3 Å². The normalized spacial score (nSPS) is 16.1. The molecule has 0 N–H and O–H groups in total. The van der Waals surface area contributed by atoms with Gasteiger partial charge >= 0.3 is 14.2 Å². The summed E-state index contributed by atoms with van der Waals surface area (Å²) in [6.07, 6.45) is 41.3. The molecule has 4 aliphatic rings. The van der Waals surface area contributed by atoms with Gasteiger partial charge in [-0.25, -0.2) is 0 Å². The number of aromatic nitrogens is 6. The molecule has 10 heterocycles. The summed E-state index contributed by atoms with van der Waals surface area (Å²) in [5.41, 5.74) is 23.4. The fourth-order valence-electron chi connectivity index (χ4n) is 19.7. The van der Waals surface area contributed by atoms with E-state index in [4.69, 9.17) is 27.4 Å². The van der Waals surface area contributed by atoms with Gasteiger partial charge in [-0.1, -0.05) is 239 Å². The van der Waals surface area contributed by atoms with Crippen molar-refractivity contribution in [3.8, 4) is 52.2 Å². The molecular formula is C106H135B2Br2N6O4S6+. The van der Waals surface area contributed by atoms with Crippen LogP contribution in [0, 0.1) is 20.8 Å². The van der Waals surface area contributed by atoms with Gasteiger partial charge in [0.25, 0.3) is 0 Å². The number of rotatable bonds is 37. The van der Waals surface area contributed by atoms with Gasteiger partial charge in [0.15, 0.2) is 0 Å². The van der Waals surface area contributed by atoms with Crippen LogP contribution < -0.4 is 10.9 Å². The number of fused-ring (bicyclic) bond motifs is 2. The Morgan fingerprint density at radius 1 is 0.365 bits per heavy atom. The summed E-state index contributed by atoms with van der Waals surface area (Å²) >= 11 is 16.8. The molecule has 20 heteroatoms. The van der Waals surface area contributed by atoms with Crippen LogP contribution in [0.4, 0.5) is 0 Å². The van der Waals surface area contributed by atoms with Crippen molar-refractivity contribution in [2.24, 2.45) is 0 Å². The number of thiophene rings is 4. The zero-order valence-corrected chi connectivity index (χ0v) is 83.8. The van der Waals surface area contributed by atoms with Crippen LogP contribution >= 0.6 is 101 Å². The molecule has 8 aromatic heterocycles. The second-order valence-corrected chi connectivity index (χ2v) is 46.0. The number of unbranched alkanes of at least 4 members (excludes halogenated alkanes) is 20. The Bertz CT molecular complexity index is 5790. The van der Waals surface area contributed by atoms with Crippen LogP contribution in [0.15, 0.2) is 129 Å². The molecule has 0 bridgehead atoms. The maximum Gasteiger partial charge on any atom is 0.498 e. The molecule has 668 valence electrons. The van der Waals surface area contributed by atoms with E-state index in [1.807, 2.05) is 29.6 Å². The van der Waals surface area contributed by atoms with Crippen LogP contribution in [0.3, 0.4) is 0 Å². The lowest BCUT2D eigenvalue weighted by Crippen LogP contribution is -2.42. The minimum absolute atomic E-state index is 0. The molecule has 0 amide bonds. The minimum atomic E-state index is -0.625. The SMILES string of the molecule is Brc1ccc(-c2ccc(-c3ccc(Br)s3)c3nsnc23)s1.C.C.CCCCCCCCC(CCCCCCCC)n1c2cc(C)cc3c2c2c(cc(-c4ccc(-c5ccc(-c6ccc(C)s6)c6nsnc56)s4)cc21)CC3.[CH2+]C1(C)OB(c2cc3c4c5c(cc(B6OC(C)(C)C(C)(C)O6)cc5n(C(CCCCCCCC)CCCCCCCC)c4c2)CC3)OC1(C)C. The van der Waals surface area contributed by atoms with E-state index in [0.29, 0.717) is 12.1 Å². The largest absolute Gasteiger partial charge is 0.498 e. The summed E-state index contributed by atoms with van der Waals surface area (Å²) in [6, 6.07) is 46.9. The first-order valence-corrected chi connectivity index (χ1v) is 53.3. The molecule has 6 aromatic carbocycles. The first kappa shape index (κ1) is 96.2. The van der Waals surface area contributed by atoms with Gasteiger partial charge in [-0.05, 0) is 262 Å². The minimum Gasteiger partial charge on any atom is -0.399 e. The van der Waals surface area contributed by atoms with Crippen LogP contribution in [0.1, 0.15) is 316 Å². The van der Waals surface area contributed by atoms with E-state index in [1.165, 1.54) is 310 Å². The molecule has 2 aliphatic carbocycles. The maximum absolute atomic E-state index is 6.67. The molecule has 126 heavy (non-hydrogen) atoms. The summed E-state index contributed by atoms with van der Waals surface area (Å²) in [5.74, 6) is 0. The Balaban J connectivity index is 0.000000164. The highest BCUT2D eigenvalue weighted by Crippen LogP contribution is 2.50. The predicted molar refractivity (Wildman–Crippen MR) is 560 cm³/mol. The van der Waals surface area contributed by atoms with E-state index in [9.17, 15) is 0 Å². The molecule has 1 atom stereocenters. The Morgan fingerprint density at radius 3 is 1.06 bits per heavy atom. The third-order valence-electron chi connectivity index (χ3n) is 27.7. The molecule has 14 aromatic rings. The highest BCUT2D eigenvalue weighted by molar-refractivity contribution is 9.11. The van der Waals surface area contributed by atoms with E-state index >= 15 is 0 Å². The van der Waals surface area contributed by atoms with Crippen molar-refractivity contribution in [3.63, 3.8) is 0 Å². The van der Waals surface area contributed by atoms with Gasteiger partial charge in [-0.2, -0.15) is 17.5 Å². The second kappa shape index (κ2) is 42.4. The fraction of sp³-hybridized carbons (Fsp3) is 0.500. The number of halogens is 2. The molecule has 2 fully saturated rings. The summed E-state index contributed by atoms with van der Waals surface area (Å²) in [5, 5.41) is 5.93. The lowest BCUT2D eigenvalue weighted by atomic mass is 9.74. The highest BCUT2D eigenvalue weighted by atomic mass is 79.9. The Hall–Kier alpha value is -5.84. The van der Waals surface area contributed by atoms with Crippen LogP contribution in [-0.4, -0.2) is 63.3 Å². The van der Waals surface area contributed by atoms with E-state index in [-0.39, 0.29) is 33.2 Å². The molecule has 2 aliphatic heterocycles. The van der Waals surface area contributed by atoms with Gasteiger partial charge < -0.3 is 27.8 Å². The molecule has 10 nitrogen and oxygen atoms in total. The second-order valence-electron chi connectivity index (χ2n) is 37.7. The zero-order chi connectivity index (χ0) is 86.6. The molecule has 0 radical (unpaired) electrons. The van der Waals surface area contributed by atoms with Crippen LogP contribution in [0.25, 0.3) is 118 Å². The average molecular weight is 1930 g/mol.